The SMILES string of the molecule is Cc1nn(CCNc2ccc(Cl)cc2)c(C)c1Br. The van der Waals surface area contributed by atoms with Crippen LogP contribution in [0.1, 0.15) is 11.4 Å². The lowest BCUT2D eigenvalue weighted by Gasteiger charge is -2.08. The summed E-state index contributed by atoms with van der Waals surface area (Å²) in [7, 11) is 0. The molecule has 0 bridgehead atoms. The zero-order valence-electron chi connectivity index (χ0n) is 10.4. The van der Waals surface area contributed by atoms with Crippen molar-refractivity contribution in [3.8, 4) is 0 Å². The second-order valence-electron chi connectivity index (χ2n) is 4.14. The number of rotatable bonds is 4. The molecule has 18 heavy (non-hydrogen) atoms. The normalized spacial score (nSPS) is 10.7. The fraction of sp³-hybridized carbons (Fsp3) is 0.308. The molecule has 0 fully saturated rings. The molecule has 1 aromatic heterocycles. The molecule has 1 N–H and O–H groups in total. The molecule has 0 saturated heterocycles. The smallest absolute Gasteiger partial charge is 0.0738 e. The van der Waals surface area contributed by atoms with Crippen molar-refractivity contribution >= 4 is 33.2 Å². The Balaban J connectivity index is 1.92. The Morgan fingerprint density at radius 1 is 1.28 bits per heavy atom. The van der Waals surface area contributed by atoms with Crippen LogP contribution in [0.15, 0.2) is 28.7 Å². The van der Waals surface area contributed by atoms with Crippen LogP contribution in [0, 0.1) is 13.8 Å². The maximum absolute atomic E-state index is 5.84. The summed E-state index contributed by atoms with van der Waals surface area (Å²) in [6.45, 7) is 5.73. The van der Waals surface area contributed by atoms with Crippen molar-refractivity contribution in [2.24, 2.45) is 0 Å². The number of aromatic nitrogens is 2. The maximum Gasteiger partial charge on any atom is 0.0738 e. The second kappa shape index (κ2) is 5.76. The Morgan fingerprint density at radius 2 is 1.94 bits per heavy atom. The van der Waals surface area contributed by atoms with Gasteiger partial charge in [0.15, 0.2) is 0 Å². The van der Waals surface area contributed by atoms with E-state index in [0.717, 1.165) is 39.7 Å². The third-order valence-electron chi connectivity index (χ3n) is 2.79. The van der Waals surface area contributed by atoms with E-state index in [1.54, 1.807) is 0 Å². The van der Waals surface area contributed by atoms with Crippen LogP contribution in [0.3, 0.4) is 0 Å². The van der Waals surface area contributed by atoms with Crippen LogP contribution in [0.25, 0.3) is 0 Å². The van der Waals surface area contributed by atoms with E-state index in [-0.39, 0.29) is 0 Å². The maximum atomic E-state index is 5.84. The number of aryl methyl sites for hydroxylation is 1. The van der Waals surface area contributed by atoms with Gasteiger partial charge in [-0.2, -0.15) is 5.10 Å². The summed E-state index contributed by atoms with van der Waals surface area (Å²) in [6, 6.07) is 7.70. The van der Waals surface area contributed by atoms with Gasteiger partial charge < -0.3 is 5.32 Å². The highest BCUT2D eigenvalue weighted by Gasteiger charge is 2.07. The molecule has 0 atom stereocenters. The van der Waals surface area contributed by atoms with Crippen LogP contribution in [-0.2, 0) is 6.54 Å². The number of hydrogen-bond donors (Lipinski definition) is 1. The van der Waals surface area contributed by atoms with Gasteiger partial charge in [-0.15, -0.1) is 0 Å². The highest BCUT2D eigenvalue weighted by molar-refractivity contribution is 9.10. The van der Waals surface area contributed by atoms with Crippen molar-refractivity contribution in [3.63, 3.8) is 0 Å². The molecule has 2 rings (SSSR count). The monoisotopic (exact) mass is 327 g/mol. The Kier molecular flexibility index (Phi) is 4.30. The standard InChI is InChI=1S/C13H15BrClN3/c1-9-13(14)10(2)18(17-9)8-7-16-12-5-3-11(15)4-6-12/h3-6,16H,7-8H2,1-2H3. The molecule has 0 amide bonds. The number of nitrogens with one attached hydrogen (secondary N) is 1. The Labute approximate surface area is 120 Å². The first-order valence-electron chi connectivity index (χ1n) is 5.77. The van der Waals surface area contributed by atoms with Crippen molar-refractivity contribution in [2.45, 2.75) is 20.4 Å². The van der Waals surface area contributed by atoms with E-state index in [4.69, 9.17) is 11.6 Å². The van der Waals surface area contributed by atoms with Gasteiger partial charge in [-0.25, -0.2) is 0 Å². The third-order valence-corrected chi connectivity index (χ3v) is 4.19. The fourth-order valence-electron chi connectivity index (χ4n) is 1.77. The van der Waals surface area contributed by atoms with Crippen molar-refractivity contribution in [1.82, 2.24) is 9.78 Å². The minimum Gasteiger partial charge on any atom is -0.383 e. The average molecular weight is 329 g/mol. The van der Waals surface area contributed by atoms with Crippen LogP contribution >= 0.6 is 27.5 Å². The first-order chi connectivity index (χ1) is 8.58. The van der Waals surface area contributed by atoms with Gasteiger partial charge in [-0.1, -0.05) is 11.6 Å². The number of benzene rings is 1. The quantitative estimate of drug-likeness (QED) is 0.918. The fourth-order valence-corrected chi connectivity index (χ4v) is 2.18. The van der Waals surface area contributed by atoms with Gasteiger partial charge in [0.2, 0.25) is 0 Å². The zero-order valence-corrected chi connectivity index (χ0v) is 12.7. The average Bonchev–Trinajstić information content (AvgIpc) is 2.60. The Bertz CT molecular complexity index is 534. The van der Waals surface area contributed by atoms with Crippen LogP contribution in [0.5, 0.6) is 0 Å². The van der Waals surface area contributed by atoms with E-state index in [1.165, 1.54) is 0 Å². The third kappa shape index (κ3) is 3.06. The number of hydrogen-bond acceptors (Lipinski definition) is 2. The van der Waals surface area contributed by atoms with Gasteiger partial charge in [-0.3, -0.25) is 4.68 Å². The van der Waals surface area contributed by atoms with Crippen LogP contribution in [0.4, 0.5) is 5.69 Å². The first-order valence-corrected chi connectivity index (χ1v) is 6.94. The number of nitrogens with zero attached hydrogens (tertiary/aromatic N) is 2. The summed E-state index contributed by atoms with van der Waals surface area (Å²) in [6.07, 6.45) is 0. The van der Waals surface area contributed by atoms with Crippen LogP contribution in [-0.4, -0.2) is 16.3 Å². The lowest BCUT2D eigenvalue weighted by Crippen LogP contribution is -2.12. The molecule has 0 saturated carbocycles. The molecule has 1 aromatic carbocycles. The molecule has 0 aliphatic carbocycles. The minimum absolute atomic E-state index is 0.753. The zero-order chi connectivity index (χ0) is 13.1. The Morgan fingerprint density at radius 3 is 2.50 bits per heavy atom. The molecule has 3 nitrogen and oxygen atoms in total. The van der Waals surface area contributed by atoms with Gasteiger partial charge in [0, 0.05) is 22.9 Å². The van der Waals surface area contributed by atoms with Crippen LogP contribution < -0.4 is 5.32 Å². The molecule has 1 heterocycles. The topological polar surface area (TPSA) is 29.9 Å². The lowest BCUT2D eigenvalue weighted by atomic mass is 10.3. The minimum atomic E-state index is 0.753. The first kappa shape index (κ1) is 13.4. The molecule has 2 aromatic rings. The van der Waals surface area contributed by atoms with Gasteiger partial charge in [-0.05, 0) is 54.0 Å². The van der Waals surface area contributed by atoms with E-state index in [1.807, 2.05) is 35.9 Å². The van der Waals surface area contributed by atoms with E-state index in [0.29, 0.717) is 0 Å². The highest BCUT2D eigenvalue weighted by atomic mass is 79.9. The predicted octanol–water partition coefficient (Wildman–Crippen LogP) is 4.03. The van der Waals surface area contributed by atoms with Crippen LogP contribution in [0.2, 0.25) is 5.02 Å². The van der Waals surface area contributed by atoms with E-state index in [2.05, 4.69) is 33.3 Å². The van der Waals surface area contributed by atoms with Gasteiger partial charge in [0.25, 0.3) is 0 Å². The summed E-state index contributed by atoms with van der Waals surface area (Å²) in [4.78, 5) is 0. The predicted molar refractivity (Wildman–Crippen MR) is 79.3 cm³/mol. The van der Waals surface area contributed by atoms with Crippen molar-refractivity contribution in [2.75, 3.05) is 11.9 Å². The highest BCUT2D eigenvalue weighted by Crippen LogP contribution is 2.19. The Hall–Kier alpha value is -1.000. The summed E-state index contributed by atoms with van der Waals surface area (Å²) in [5, 5.41) is 8.56. The molecule has 0 aliphatic heterocycles. The molecule has 0 radical (unpaired) electrons. The lowest BCUT2D eigenvalue weighted by molar-refractivity contribution is 0.615. The van der Waals surface area contributed by atoms with Crippen molar-refractivity contribution in [1.29, 1.82) is 0 Å². The molecule has 0 aliphatic rings. The molecular formula is C13H15BrClN3. The molecule has 96 valence electrons. The van der Waals surface area contributed by atoms with E-state index in [9.17, 15) is 0 Å². The van der Waals surface area contributed by atoms with E-state index >= 15 is 0 Å². The summed E-state index contributed by atoms with van der Waals surface area (Å²) >= 11 is 9.36. The van der Waals surface area contributed by atoms with Gasteiger partial charge in [0.1, 0.15) is 0 Å². The van der Waals surface area contributed by atoms with Gasteiger partial charge >= 0.3 is 0 Å². The summed E-state index contributed by atoms with van der Waals surface area (Å²) in [5.41, 5.74) is 3.25. The number of anilines is 1. The summed E-state index contributed by atoms with van der Waals surface area (Å²) < 4.78 is 3.09. The number of halogens is 2. The largest absolute Gasteiger partial charge is 0.383 e. The molecular weight excluding hydrogens is 314 g/mol. The summed E-state index contributed by atoms with van der Waals surface area (Å²) in [5.74, 6) is 0. The second-order valence-corrected chi connectivity index (χ2v) is 5.37. The molecule has 5 heteroatoms. The van der Waals surface area contributed by atoms with Gasteiger partial charge in [0.05, 0.1) is 16.7 Å². The molecule has 0 unspecified atom stereocenters. The van der Waals surface area contributed by atoms with E-state index < -0.39 is 0 Å². The van der Waals surface area contributed by atoms with Crippen molar-refractivity contribution < 1.29 is 0 Å². The van der Waals surface area contributed by atoms with Crippen molar-refractivity contribution in [3.05, 3.63) is 45.1 Å². The molecule has 0 spiro atoms.